The van der Waals surface area contributed by atoms with Gasteiger partial charge in [0.25, 0.3) is 0 Å². The zero-order chi connectivity index (χ0) is 15.4. The SMILES string of the molecule is COc1ccc(N=Cc2ccc(-c3ccc(C)cc3)o2)cc1. The number of furan rings is 1. The van der Waals surface area contributed by atoms with E-state index in [0.29, 0.717) is 0 Å². The molecular formula is C19H17NO2. The maximum atomic E-state index is 5.80. The average molecular weight is 291 g/mol. The Kier molecular flexibility index (Phi) is 4.05. The summed E-state index contributed by atoms with van der Waals surface area (Å²) in [5.74, 6) is 2.39. The van der Waals surface area contributed by atoms with Crippen molar-refractivity contribution in [3.8, 4) is 17.1 Å². The lowest BCUT2D eigenvalue weighted by Gasteiger charge is -1.98. The van der Waals surface area contributed by atoms with Crippen LogP contribution in [0.25, 0.3) is 11.3 Å². The minimum Gasteiger partial charge on any atom is -0.497 e. The van der Waals surface area contributed by atoms with Gasteiger partial charge < -0.3 is 9.15 Å². The number of methoxy groups -OCH3 is 1. The van der Waals surface area contributed by atoms with E-state index in [1.165, 1.54) is 5.56 Å². The van der Waals surface area contributed by atoms with Crippen LogP contribution in [0, 0.1) is 6.92 Å². The van der Waals surface area contributed by atoms with Crippen LogP contribution in [-0.4, -0.2) is 13.3 Å². The molecular weight excluding hydrogens is 274 g/mol. The van der Waals surface area contributed by atoms with Crippen LogP contribution in [0.2, 0.25) is 0 Å². The summed E-state index contributed by atoms with van der Waals surface area (Å²) >= 11 is 0. The van der Waals surface area contributed by atoms with E-state index in [0.717, 1.165) is 28.5 Å². The highest BCUT2D eigenvalue weighted by Crippen LogP contribution is 2.22. The van der Waals surface area contributed by atoms with Crippen molar-refractivity contribution >= 4 is 11.9 Å². The van der Waals surface area contributed by atoms with Gasteiger partial charge in [0.15, 0.2) is 0 Å². The molecule has 1 aromatic heterocycles. The zero-order valence-corrected chi connectivity index (χ0v) is 12.6. The number of nitrogens with zero attached hydrogens (tertiary/aromatic N) is 1. The molecule has 0 saturated carbocycles. The first-order valence-corrected chi connectivity index (χ1v) is 7.09. The smallest absolute Gasteiger partial charge is 0.145 e. The van der Waals surface area contributed by atoms with Crippen molar-refractivity contribution in [2.75, 3.05) is 7.11 Å². The summed E-state index contributed by atoms with van der Waals surface area (Å²) in [6, 6.07) is 19.7. The Bertz CT molecular complexity index is 768. The van der Waals surface area contributed by atoms with Gasteiger partial charge in [0.05, 0.1) is 19.0 Å². The third kappa shape index (κ3) is 3.26. The van der Waals surface area contributed by atoms with Gasteiger partial charge in [-0.1, -0.05) is 29.8 Å². The maximum Gasteiger partial charge on any atom is 0.145 e. The summed E-state index contributed by atoms with van der Waals surface area (Å²) < 4.78 is 10.9. The van der Waals surface area contributed by atoms with Crippen LogP contribution >= 0.6 is 0 Å². The minimum absolute atomic E-state index is 0.728. The Labute approximate surface area is 129 Å². The standard InChI is InChI=1S/C19H17NO2/c1-14-3-5-15(6-4-14)19-12-11-18(22-19)13-20-16-7-9-17(21-2)10-8-16/h3-13H,1-2H3. The zero-order valence-electron chi connectivity index (χ0n) is 12.6. The molecule has 0 unspecified atom stereocenters. The van der Waals surface area contributed by atoms with Gasteiger partial charge in [0.1, 0.15) is 17.3 Å². The highest BCUT2D eigenvalue weighted by molar-refractivity contribution is 5.79. The molecule has 3 rings (SSSR count). The van der Waals surface area contributed by atoms with E-state index in [1.807, 2.05) is 36.4 Å². The normalized spacial score (nSPS) is 11.0. The van der Waals surface area contributed by atoms with E-state index < -0.39 is 0 Å². The molecule has 0 aliphatic carbocycles. The largest absolute Gasteiger partial charge is 0.497 e. The van der Waals surface area contributed by atoms with Crippen molar-refractivity contribution in [3.63, 3.8) is 0 Å². The van der Waals surface area contributed by atoms with Crippen molar-refractivity contribution in [1.29, 1.82) is 0 Å². The third-order valence-corrected chi connectivity index (χ3v) is 3.38. The molecule has 0 aliphatic heterocycles. The van der Waals surface area contributed by atoms with Crippen LogP contribution in [0.5, 0.6) is 5.75 Å². The summed E-state index contributed by atoms with van der Waals surface area (Å²) in [7, 11) is 1.65. The van der Waals surface area contributed by atoms with E-state index in [1.54, 1.807) is 13.3 Å². The quantitative estimate of drug-likeness (QED) is 0.633. The van der Waals surface area contributed by atoms with Crippen molar-refractivity contribution in [3.05, 3.63) is 72.0 Å². The molecule has 3 heteroatoms. The fourth-order valence-corrected chi connectivity index (χ4v) is 2.10. The average Bonchev–Trinajstić information content (AvgIpc) is 3.03. The van der Waals surface area contributed by atoms with Gasteiger partial charge in [0.2, 0.25) is 0 Å². The summed E-state index contributed by atoms with van der Waals surface area (Å²) in [6.45, 7) is 2.07. The number of rotatable bonds is 4. The van der Waals surface area contributed by atoms with Crippen LogP contribution in [0.4, 0.5) is 5.69 Å². The van der Waals surface area contributed by atoms with Crippen molar-refractivity contribution in [1.82, 2.24) is 0 Å². The molecule has 0 spiro atoms. The van der Waals surface area contributed by atoms with Crippen LogP contribution < -0.4 is 4.74 Å². The third-order valence-electron chi connectivity index (χ3n) is 3.38. The molecule has 3 nitrogen and oxygen atoms in total. The van der Waals surface area contributed by atoms with Crippen molar-refractivity contribution in [2.45, 2.75) is 6.92 Å². The molecule has 2 aromatic carbocycles. The van der Waals surface area contributed by atoms with Gasteiger partial charge in [-0.25, -0.2) is 0 Å². The topological polar surface area (TPSA) is 34.7 Å². The summed E-state index contributed by atoms with van der Waals surface area (Å²) in [4.78, 5) is 4.40. The lowest BCUT2D eigenvalue weighted by atomic mass is 10.1. The van der Waals surface area contributed by atoms with Crippen LogP contribution in [0.15, 0.2) is 70.1 Å². The highest BCUT2D eigenvalue weighted by atomic mass is 16.5. The number of ether oxygens (including phenoxy) is 1. The Morgan fingerprint density at radius 3 is 2.32 bits per heavy atom. The maximum absolute atomic E-state index is 5.80. The second-order valence-electron chi connectivity index (χ2n) is 5.02. The van der Waals surface area contributed by atoms with E-state index in [4.69, 9.17) is 9.15 Å². The molecule has 22 heavy (non-hydrogen) atoms. The molecule has 0 bridgehead atoms. The molecule has 0 saturated heterocycles. The van der Waals surface area contributed by atoms with Crippen molar-refractivity contribution < 1.29 is 9.15 Å². The number of aliphatic imine (C=N–C) groups is 1. The van der Waals surface area contributed by atoms with E-state index in [9.17, 15) is 0 Å². The highest BCUT2D eigenvalue weighted by Gasteiger charge is 2.03. The van der Waals surface area contributed by atoms with Gasteiger partial charge in [-0.3, -0.25) is 4.99 Å². The van der Waals surface area contributed by atoms with E-state index >= 15 is 0 Å². The molecule has 1 heterocycles. The first kappa shape index (κ1) is 14.1. The van der Waals surface area contributed by atoms with Crippen molar-refractivity contribution in [2.24, 2.45) is 4.99 Å². The Morgan fingerprint density at radius 2 is 1.64 bits per heavy atom. The number of aryl methyl sites for hydroxylation is 1. The summed E-state index contributed by atoms with van der Waals surface area (Å²) in [6.07, 6.45) is 1.72. The predicted molar refractivity (Wildman–Crippen MR) is 89.1 cm³/mol. The van der Waals surface area contributed by atoms with Crippen LogP contribution in [0.1, 0.15) is 11.3 Å². The fraction of sp³-hybridized carbons (Fsp3) is 0.105. The van der Waals surface area contributed by atoms with E-state index in [-0.39, 0.29) is 0 Å². The molecule has 0 fully saturated rings. The molecule has 110 valence electrons. The number of hydrogen-bond acceptors (Lipinski definition) is 3. The summed E-state index contributed by atoms with van der Waals surface area (Å²) in [5, 5.41) is 0. The number of hydrogen-bond donors (Lipinski definition) is 0. The van der Waals surface area contributed by atoms with Crippen LogP contribution in [-0.2, 0) is 0 Å². The molecule has 3 aromatic rings. The van der Waals surface area contributed by atoms with Gasteiger partial charge in [0, 0.05) is 5.56 Å². The Balaban J connectivity index is 1.75. The van der Waals surface area contributed by atoms with E-state index in [2.05, 4.69) is 36.2 Å². The second-order valence-corrected chi connectivity index (χ2v) is 5.02. The predicted octanol–water partition coefficient (Wildman–Crippen LogP) is 5.01. The Hall–Kier alpha value is -2.81. The lowest BCUT2D eigenvalue weighted by Crippen LogP contribution is -1.80. The molecule has 0 aliphatic rings. The lowest BCUT2D eigenvalue weighted by molar-refractivity contribution is 0.415. The Morgan fingerprint density at radius 1 is 0.909 bits per heavy atom. The monoisotopic (exact) mass is 291 g/mol. The summed E-state index contributed by atoms with van der Waals surface area (Å²) in [5.41, 5.74) is 3.15. The molecule has 0 N–H and O–H groups in total. The fourth-order valence-electron chi connectivity index (χ4n) is 2.10. The molecule has 0 atom stereocenters. The van der Waals surface area contributed by atoms with Crippen LogP contribution in [0.3, 0.4) is 0 Å². The van der Waals surface area contributed by atoms with Gasteiger partial charge in [-0.05, 0) is 43.3 Å². The van der Waals surface area contributed by atoms with Gasteiger partial charge in [-0.2, -0.15) is 0 Å². The second kappa shape index (κ2) is 6.31. The first-order chi connectivity index (χ1) is 10.7. The number of benzene rings is 2. The molecule has 0 radical (unpaired) electrons. The first-order valence-electron chi connectivity index (χ1n) is 7.09. The molecule has 0 amide bonds. The van der Waals surface area contributed by atoms with Gasteiger partial charge >= 0.3 is 0 Å². The minimum atomic E-state index is 0.728. The van der Waals surface area contributed by atoms with Gasteiger partial charge in [-0.15, -0.1) is 0 Å².